The molecule has 14 heteroatoms. The Kier molecular flexibility index (Phi) is 8.38. The Labute approximate surface area is 254 Å². The number of aliphatic imine (C=N–C) groups is 1. The number of carboxylic acid groups (broad SMARTS) is 1. The largest absolute Gasteiger partial charge is 0.479 e. The molecule has 1 saturated carbocycles. The Morgan fingerprint density at radius 2 is 1.95 bits per heavy atom. The molecule has 3 aliphatic heterocycles. The molecule has 1 unspecified atom stereocenters. The maximum absolute atomic E-state index is 13.4. The standard InChI is InChI=1S/C30H36N8O6/c1-37-10-7-23(36-37)22-5-4-18(16-31-22)25-26-24(34-35-25)14-19-17-32-29(41)38(27(19)33-26)21-6-9-30(28(39)40,44-13-12-43-3)20(15-21)8-11-42-2/h4-5,7,10,16,20-21H,6,8-9,11-15,17H2,1-3H3,(H,32,41)(H,39,40)/t20?,21-,30-/m1/s1. The second-order valence-corrected chi connectivity index (χ2v) is 11.3. The van der Waals surface area contributed by atoms with Gasteiger partial charge in [-0.1, -0.05) is 0 Å². The number of aromatic nitrogens is 3. The van der Waals surface area contributed by atoms with Crippen LogP contribution >= 0.6 is 0 Å². The van der Waals surface area contributed by atoms with Crippen LogP contribution in [0.15, 0.2) is 57.2 Å². The number of hydrogen-bond donors (Lipinski definition) is 2. The van der Waals surface area contributed by atoms with E-state index >= 15 is 0 Å². The third-order valence-corrected chi connectivity index (χ3v) is 8.71. The highest BCUT2D eigenvalue weighted by molar-refractivity contribution is 6.73. The molecule has 5 heterocycles. The molecule has 44 heavy (non-hydrogen) atoms. The van der Waals surface area contributed by atoms with E-state index in [9.17, 15) is 14.7 Å². The maximum Gasteiger partial charge on any atom is 0.336 e. The highest BCUT2D eigenvalue weighted by atomic mass is 16.5. The number of fused-ring (bicyclic) bond motifs is 1. The van der Waals surface area contributed by atoms with Gasteiger partial charge in [0.1, 0.15) is 22.9 Å². The van der Waals surface area contributed by atoms with Gasteiger partial charge in [-0.25, -0.2) is 14.6 Å². The van der Waals surface area contributed by atoms with E-state index in [0.717, 1.165) is 28.2 Å². The zero-order chi connectivity index (χ0) is 30.8. The molecule has 2 amide bonds. The van der Waals surface area contributed by atoms with E-state index in [-0.39, 0.29) is 31.7 Å². The molecule has 1 fully saturated rings. The molecule has 2 aromatic heterocycles. The van der Waals surface area contributed by atoms with Gasteiger partial charge in [0.25, 0.3) is 0 Å². The minimum absolute atomic E-state index is 0.159. The summed E-state index contributed by atoms with van der Waals surface area (Å²) in [6, 6.07) is 5.16. The molecular formula is C30H36N8O6. The highest BCUT2D eigenvalue weighted by Gasteiger charge is 2.52. The lowest BCUT2D eigenvalue weighted by Gasteiger charge is -2.47. The van der Waals surface area contributed by atoms with Gasteiger partial charge >= 0.3 is 12.0 Å². The predicted molar refractivity (Wildman–Crippen MR) is 161 cm³/mol. The summed E-state index contributed by atoms with van der Waals surface area (Å²) in [7, 11) is 4.99. The first-order chi connectivity index (χ1) is 21.3. The molecule has 232 valence electrons. The van der Waals surface area contributed by atoms with Gasteiger partial charge in [-0.05, 0) is 49.5 Å². The van der Waals surface area contributed by atoms with Gasteiger partial charge in [-0.3, -0.25) is 14.6 Å². The van der Waals surface area contributed by atoms with Crippen molar-refractivity contribution in [1.82, 2.24) is 25.0 Å². The van der Waals surface area contributed by atoms with Crippen LogP contribution in [0, 0.1) is 5.92 Å². The minimum atomic E-state index is -1.39. The van der Waals surface area contributed by atoms with Gasteiger partial charge in [0.2, 0.25) is 0 Å². The number of nitrogens with zero attached hydrogens (tertiary/aromatic N) is 7. The van der Waals surface area contributed by atoms with E-state index in [2.05, 4.69) is 25.6 Å². The molecule has 14 nitrogen and oxygen atoms in total. The Morgan fingerprint density at radius 3 is 2.66 bits per heavy atom. The van der Waals surface area contributed by atoms with Gasteiger partial charge in [0.05, 0.1) is 24.6 Å². The van der Waals surface area contributed by atoms with Crippen LogP contribution in [0.1, 0.15) is 37.7 Å². The van der Waals surface area contributed by atoms with Crippen LogP contribution in [0.2, 0.25) is 0 Å². The smallest absolute Gasteiger partial charge is 0.336 e. The highest BCUT2D eigenvalue weighted by Crippen LogP contribution is 2.43. The molecule has 0 bridgehead atoms. The van der Waals surface area contributed by atoms with E-state index in [1.54, 1.807) is 30.0 Å². The third-order valence-electron chi connectivity index (χ3n) is 8.71. The molecule has 1 aliphatic carbocycles. The number of pyridine rings is 1. The number of aryl methyl sites for hydroxylation is 1. The number of carboxylic acids is 1. The molecular weight excluding hydrogens is 568 g/mol. The van der Waals surface area contributed by atoms with Gasteiger partial charge in [0, 0.05) is 70.8 Å². The Morgan fingerprint density at radius 1 is 1.11 bits per heavy atom. The summed E-state index contributed by atoms with van der Waals surface area (Å²) >= 11 is 0. The first-order valence-corrected chi connectivity index (χ1v) is 14.7. The molecule has 4 aliphatic rings. The van der Waals surface area contributed by atoms with Crippen LogP contribution < -0.4 is 5.32 Å². The minimum Gasteiger partial charge on any atom is -0.479 e. The fourth-order valence-corrected chi connectivity index (χ4v) is 6.45. The van der Waals surface area contributed by atoms with E-state index in [4.69, 9.17) is 19.2 Å². The number of carbonyl (C=O) groups excluding carboxylic acids is 1. The summed E-state index contributed by atoms with van der Waals surface area (Å²) in [6.07, 6.45) is 5.64. The second kappa shape index (κ2) is 12.4. The van der Waals surface area contributed by atoms with Gasteiger partial charge in [-0.2, -0.15) is 10.2 Å². The van der Waals surface area contributed by atoms with Crippen molar-refractivity contribution in [3.8, 4) is 11.4 Å². The van der Waals surface area contributed by atoms with Gasteiger partial charge in [-0.15, -0.1) is 5.10 Å². The third kappa shape index (κ3) is 5.44. The Hall–Kier alpha value is -4.27. The summed E-state index contributed by atoms with van der Waals surface area (Å²) in [4.78, 5) is 37.4. The van der Waals surface area contributed by atoms with Crippen molar-refractivity contribution in [2.75, 3.05) is 40.6 Å². The molecule has 3 atom stereocenters. The summed E-state index contributed by atoms with van der Waals surface area (Å²) in [5, 5.41) is 26.6. The van der Waals surface area contributed by atoms with Crippen LogP contribution in [0.4, 0.5) is 4.79 Å². The van der Waals surface area contributed by atoms with Crippen molar-refractivity contribution in [3.05, 3.63) is 47.6 Å². The van der Waals surface area contributed by atoms with Gasteiger partial charge in [0.15, 0.2) is 5.60 Å². The van der Waals surface area contributed by atoms with Crippen molar-refractivity contribution in [2.45, 2.75) is 43.7 Å². The number of rotatable bonds is 11. The van der Waals surface area contributed by atoms with Crippen molar-refractivity contribution >= 4 is 29.1 Å². The van der Waals surface area contributed by atoms with Crippen LogP contribution in [0.5, 0.6) is 0 Å². The van der Waals surface area contributed by atoms with Crippen molar-refractivity contribution in [3.63, 3.8) is 0 Å². The zero-order valence-corrected chi connectivity index (χ0v) is 25.0. The Bertz CT molecular complexity index is 1560. The molecule has 2 aromatic rings. The summed E-state index contributed by atoms with van der Waals surface area (Å²) < 4.78 is 18.2. The number of nitrogens with one attached hydrogen (secondary N) is 1. The number of amides is 2. The number of methoxy groups -OCH3 is 2. The van der Waals surface area contributed by atoms with Crippen LogP contribution in [-0.4, -0.2) is 106 Å². The maximum atomic E-state index is 13.4. The van der Waals surface area contributed by atoms with E-state index in [0.29, 0.717) is 56.1 Å². The van der Waals surface area contributed by atoms with Crippen LogP contribution in [0.3, 0.4) is 0 Å². The van der Waals surface area contributed by atoms with Crippen molar-refractivity contribution in [1.29, 1.82) is 0 Å². The van der Waals surface area contributed by atoms with Gasteiger partial charge < -0.3 is 24.6 Å². The Balaban J connectivity index is 1.27. The molecule has 0 spiro atoms. The average molecular weight is 605 g/mol. The van der Waals surface area contributed by atoms with E-state index in [1.165, 1.54) is 0 Å². The molecule has 0 aromatic carbocycles. The average Bonchev–Trinajstić information content (AvgIpc) is 3.65. The fourth-order valence-electron chi connectivity index (χ4n) is 6.45. The van der Waals surface area contributed by atoms with E-state index < -0.39 is 17.5 Å². The lowest BCUT2D eigenvalue weighted by molar-refractivity contribution is -0.186. The summed E-state index contributed by atoms with van der Waals surface area (Å²) in [5.74, 6) is -0.826. The fraction of sp³-hybridized carbons (Fsp3) is 0.500. The van der Waals surface area contributed by atoms with Crippen LogP contribution in [0.25, 0.3) is 11.4 Å². The van der Waals surface area contributed by atoms with Crippen molar-refractivity contribution < 1.29 is 28.9 Å². The second-order valence-electron chi connectivity index (χ2n) is 11.3. The van der Waals surface area contributed by atoms with Crippen LogP contribution in [-0.2, 0) is 26.1 Å². The molecule has 2 N–H and O–H groups in total. The topological polar surface area (TPSA) is 165 Å². The number of aliphatic carboxylic acids is 1. The lowest BCUT2D eigenvalue weighted by Crippen LogP contribution is -2.58. The first-order valence-electron chi connectivity index (χ1n) is 14.7. The monoisotopic (exact) mass is 604 g/mol. The number of hydrogen-bond acceptors (Lipinski definition) is 10. The number of carbonyl (C=O) groups is 2. The lowest BCUT2D eigenvalue weighted by atomic mass is 9.71. The molecule has 0 radical (unpaired) electrons. The number of urea groups is 1. The summed E-state index contributed by atoms with van der Waals surface area (Å²) in [5.41, 5.74) is 3.76. The normalized spacial score (nSPS) is 24.8. The van der Waals surface area contributed by atoms with E-state index in [1.807, 2.05) is 31.4 Å². The zero-order valence-electron chi connectivity index (χ0n) is 25.0. The molecule has 6 rings (SSSR count). The van der Waals surface area contributed by atoms with Crippen molar-refractivity contribution in [2.24, 2.45) is 28.2 Å². The SMILES string of the molecule is COCCO[C@]1(C(=O)O)CC[C@@H](N2C(=O)NCC3=C2N=C2C(=NN=C2c2ccc(-c4ccn(C)n4)nc2)C3)CC1CCOC. The first kappa shape index (κ1) is 29.8. The predicted octanol–water partition coefficient (Wildman–Crippen LogP) is 2.41. The number of ether oxygens (including phenoxy) is 3. The molecule has 0 saturated heterocycles. The summed E-state index contributed by atoms with van der Waals surface area (Å²) in [6.45, 7) is 1.17. The quantitative estimate of drug-likeness (QED) is 0.369.